The SMILES string of the molecule is CC(C)(C)OC(=O)COc1ccc([S+](c2cccc(OCc3ccncc3)c2)c2cccc(OCc3ccncc3)c2)cc1.CCCCCCCCc1ccccc1S(=O)(=O)[O-]. The van der Waals surface area contributed by atoms with Crippen molar-refractivity contribution >= 4 is 27.0 Å². The second-order valence-electron chi connectivity index (χ2n) is 15.5. The molecule has 0 aliphatic rings. The van der Waals surface area contributed by atoms with Crippen molar-refractivity contribution in [1.82, 2.24) is 9.97 Å². The molecule has 0 aliphatic carbocycles. The van der Waals surface area contributed by atoms with Gasteiger partial charge in [-0.3, -0.25) is 9.97 Å². The Balaban J connectivity index is 0.000000338. The molecule has 4 aromatic carbocycles. The van der Waals surface area contributed by atoms with Gasteiger partial charge in [-0.2, -0.15) is 0 Å². The smallest absolute Gasteiger partial charge is 0.344 e. The Morgan fingerprint density at radius 3 is 1.68 bits per heavy atom. The number of hydrogen-bond donors (Lipinski definition) is 0. The summed E-state index contributed by atoms with van der Waals surface area (Å²) in [5.74, 6) is 1.74. The number of hydrogen-bond acceptors (Lipinski definition) is 10. The summed E-state index contributed by atoms with van der Waals surface area (Å²) in [5.41, 5.74) is 2.19. The standard InChI is InChI=1S/C36H35N2O5S.C14H22O3S/c1-36(2,3)43-35(39)26-42-29-10-12-32(13-11-29)44(33-8-4-6-30(22-33)40-24-27-14-18-37-19-15-27)34-9-5-7-31(23-34)41-25-28-16-20-38-21-17-28;1-2-3-4-5-6-7-10-13-11-8-9-12-14(13)18(15,16)17/h4-23H,24-26H2,1-3H3;8-9,11-12H,2-7,10H2,1H3,(H,15,16,17)/q+1;/p-1. The molecular formula is C50H56N2O8S2. The fourth-order valence-corrected chi connectivity index (χ4v) is 9.18. The molecule has 0 aliphatic heterocycles. The maximum absolute atomic E-state index is 12.2. The quantitative estimate of drug-likeness (QED) is 0.0315. The molecule has 0 amide bonds. The highest BCUT2D eigenvalue weighted by Gasteiger charge is 2.30. The number of aryl methyl sites for hydroxylation is 1. The average Bonchev–Trinajstić information content (AvgIpc) is 3.26. The fraction of sp³-hybridized carbons (Fsp3) is 0.300. The lowest BCUT2D eigenvalue weighted by molar-refractivity contribution is -0.157. The van der Waals surface area contributed by atoms with E-state index in [2.05, 4.69) is 41.2 Å². The van der Waals surface area contributed by atoms with Crippen LogP contribution in [0.15, 0.2) is 166 Å². The van der Waals surface area contributed by atoms with Gasteiger partial charge in [0.25, 0.3) is 0 Å². The van der Waals surface area contributed by atoms with Crippen molar-refractivity contribution in [3.63, 3.8) is 0 Å². The summed E-state index contributed by atoms with van der Waals surface area (Å²) >= 11 is 0. The molecule has 6 rings (SSSR count). The van der Waals surface area contributed by atoms with E-state index in [4.69, 9.17) is 18.9 Å². The predicted molar refractivity (Wildman–Crippen MR) is 241 cm³/mol. The summed E-state index contributed by atoms with van der Waals surface area (Å²) in [6, 6.07) is 38.4. The first-order valence-corrected chi connectivity index (χ1v) is 23.5. The number of ether oxygens (including phenoxy) is 4. The van der Waals surface area contributed by atoms with E-state index < -0.39 is 32.6 Å². The van der Waals surface area contributed by atoms with Crippen LogP contribution in [0, 0.1) is 0 Å². The van der Waals surface area contributed by atoms with Gasteiger partial charge in [-0.05, 0) is 129 Å². The van der Waals surface area contributed by atoms with E-state index in [9.17, 15) is 17.8 Å². The maximum Gasteiger partial charge on any atom is 0.344 e. The highest BCUT2D eigenvalue weighted by atomic mass is 32.2. The molecule has 6 aromatic rings. The van der Waals surface area contributed by atoms with E-state index >= 15 is 0 Å². The first kappa shape index (κ1) is 47.4. The van der Waals surface area contributed by atoms with Gasteiger partial charge in [-0.1, -0.05) is 69.4 Å². The van der Waals surface area contributed by atoms with Crippen LogP contribution < -0.4 is 14.2 Å². The number of benzene rings is 4. The van der Waals surface area contributed by atoms with Crippen molar-refractivity contribution in [2.75, 3.05) is 6.61 Å². The van der Waals surface area contributed by atoms with Crippen molar-refractivity contribution in [3.8, 4) is 17.2 Å². The Morgan fingerprint density at radius 2 is 1.15 bits per heavy atom. The van der Waals surface area contributed by atoms with Crippen LogP contribution in [0.25, 0.3) is 0 Å². The van der Waals surface area contributed by atoms with E-state index in [1.165, 1.54) is 31.7 Å². The largest absolute Gasteiger partial charge is 0.744 e. The molecule has 0 atom stereocenters. The van der Waals surface area contributed by atoms with Crippen LogP contribution in [0.4, 0.5) is 0 Å². The van der Waals surface area contributed by atoms with E-state index in [0.717, 1.165) is 50.2 Å². The van der Waals surface area contributed by atoms with E-state index in [0.29, 0.717) is 30.9 Å². The Hall–Kier alpha value is -5.69. The topological polar surface area (TPSA) is 137 Å². The summed E-state index contributed by atoms with van der Waals surface area (Å²) in [6.07, 6.45) is 14.6. The van der Waals surface area contributed by atoms with Gasteiger partial charge in [-0.25, -0.2) is 13.2 Å². The van der Waals surface area contributed by atoms with E-state index in [-0.39, 0.29) is 11.5 Å². The van der Waals surface area contributed by atoms with Gasteiger partial charge >= 0.3 is 5.97 Å². The molecule has 0 unspecified atom stereocenters. The fourth-order valence-electron chi connectivity index (χ4n) is 6.32. The molecule has 0 saturated carbocycles. The van der Waals surface area contributed by atoms with Crippen LogP contribution in [-0.2, 0) is 50.2 Å². The second-order valence-corrected chi connectivity index (χ2v) is 18.8. The number of pyridine rings is 2. The minimum atomic E-state index is -4.33. The summed E-state index contributed by atoms with van der Waals surface area (Å²) in [4.78, 5) is 23.5. The van der Waals surface area contributed by atoms with Crippen LogP contribution in [0.2, 0.25) is 0 Å². The lowest BCUT2D eigenvalue weighted by Gasteiger charge is -2.19. The van der Waals surface area contributed by atoms with Crippen molar-refractivity contribution in [1.29, 1.82) is 0 Å². The zero-order valence-electron chi connectivity index (χ0n) is 35.9. The third-order valence-electron chi connectivity index (χ3n) is 9.27. The zero-order valence-corrected chi connectivity index (χ0v) is 37.5. The first-order chi connectivity index (χ1) is 29.9. The van der Waals surface area contributed by atoms with Crippen LogP contribution >= 0.6 is 0 Å². The van der Waals surface area contributed by atoms with Gasteiger partial charge in [0.05, 0.1) is 15.8 Å². The van der Waals surface area contributed by atoms with Crippen molar-refractivity contribution < 1.29 is 36.7 Å². The first-order valence-electron chi connectivity index (χ1n) is 20.8. The third-order valence-corrected chi connectivity index (χ3v) is 12.4. The molecule has 2 aromatic heterocycles. The van der Waals surface area contributed by atoms with Gasteiger partial charge in [0.1, 0.15) is 46.2 Å². The summed E-state index contributed by atoms with van der Waals surface area (Å²) in [7, 11) is -4.83. The minimum absolute atomic E-state index is 0.0569. The molecular weight excluding hydrogens is 821 g/mol. The lowest BCUT2D eigenvalue weighted by atomic mass is 10.1. The molecule has 0 fully saturated rings. The Bertz CT molecular complexity index is 2290. The predicted octanol–water partition coefficient (Wildman–Crippen LogP) is 10.9. The van der Waals surface area contributed by atoms with Crippen LogP contribution in [0.1, 0.15) is 82.9 Å². The minimum Gasteiger partial charge on any atom is -0.744 e. The number of aromatic nitrogens is 2. The molecule has 62 heavy (non-hydrogen) atoms. The number of carbonyl (C=O) groups excluding carboxylic acids is 1. The number of nitrogens with zero attached hydrogens (tertiary/aromatic N) is 2. The Kier molecular flexibility index (Phi) is 18.4. The number of unbranched alkanes of at least 4 members (excludes halogenated alkanes) is 5. The number of esters is 1. The summed E-state index contributed by atoms with van der Waals surface area (Å²) in [6.45, 7) is 8.41. The van der Waals surface area contributed by atoms with Crippen LogP contribution in [0.3, 0.4) is 0 Å². The van der Waals surface area contributed by atoms with Crippen molar-refractivity contribution in [2.45, 2.75) is 111 Å². The average molecular weight is 877 g/mol. The van der Waals surface area contributed by atoms with Gasteiger partial charge in [0, 0.05) is 36.9 Å². The lowest BCUT2D eigenvalue weighted by Crippen LogP contribution is -2.27. The third kappa shape index (κ3) is 16.3. The Morgan fingerprint density at radius 1 is 0.613 bits per heavy atom. The molecule has 0 N–H and O–H groups in total. The van der Waals surface area contributed by atoms with Gasteiger partial charge < -0.3 is 23.5 Å². The summed E-state index contributed by atoms with van der Waals surface area (Å²) in [5, 5.41) is 0. The zero-order chi connectivity index (χ0) is 44.2. The molecule has 0 radical (unpaired) electrons. The Labute approximate surface area is 369 Å². The molecule has 0 bridgehead atoms. The molecule has 326 valence electrons. The maximum atomic E-state index is 12.2. The van der Waals surface area contributed by atoms with Gasteiger partial charge in [-0.15, -0.1) is 0 Å². The molecule has 2 heterocycles. The second kappa shape index (κ2) is 24.1. The normalized spacial score (nSPS) is 11.3. The van der Waals surface area contributed by atoms with E-state index in [1.807, 2.05) is 93.6 Å². The van der Waals surface area contributed by atoms with Gasteiger partial charge in [0.15, 0.2) is 21.3 Å². The number of carbonyl (C=O) groups is 1. The van der Waals surface area contributed by atoms with Crippen molar-refractivity contribution in [2.24, 2.45) is 0 Å². The van der Waals surface area contributed by atoms with E-state index in [1.54, 1.807) is 43.0 Å². The molecule has 12 heteroatoms. The monoisotopic (exact) mass is 876 g/mol. The summed E-state index contributed by atoms with van der Waals surface area (Å²) < 4.78 is 56.6. The molecule has 0 spiro atoms. The molecule has 0 saturated heterocycles. The van der Waals surface area contributed by atoms with Crippen molar-refractivity contribution in [3.05, 3.63) is 163 Å². The molecule has 10 nitrogen and oxygen atoms in total. The van der Waals surface area contributed by atoms with Gasteiger partial charge in [0.2, 0.25) is 0 Å². The van der Waals surface area contributed by atoms with Crippen LogP contribution in [-0.4, -0.2) is 41.1 Å². The highest BCUT2D eigenvalue weighted by Crippen LogP contribution is 2.35. The number of rotatable bonds is 20. The van der Waals surface area contributed by atoms with Crippen LogP contribution in [0.5, 0.6) is 17.2 Å². The highest BCUT2D eigenvalue weighted by molar-refractivity contribution is 7.97.